The van der Waals surface area contributed by atoms with Gasteiger partial charge in [-0.15, -0.1) is 0 Å². The zero-order valence-electron chi connectivity index (χ0n) is 15.2. The number of nitrogens with zero attached hydrogens (tertiary/aromatic N) is 4. The first-order valence-corrected chi connectivity index (χ1v) is 8.89. The summed E-state index contributed by atoms with van der Waals surface area (Å²) in [5.74, 6) is 0.316. The number of aryl methyl sites for hydroxylation is 1. The Kier molecular flexibility index (Phi) is 7.19. The third-order valence-corrected chi connectivity index (χ3v) is 4.40. The highest BCUT2D eigenvalue weighted by Gasteiger charge is 2.26. The molecule has 1 aliphatic rings. The van der Waals surface area contributed by atoms with Gasteiger partial charge in [0.2, 0.25) is 11.9 Å². The third-order valence-electron chi connectivity index (χ3n) is 4.40. The lowest BCUT2D eigenvalue weighted by Crippen LogP contribution is -2.50. The summed E-state index contributed by atoms with van der Waals surface area (Å²) in [5, 5.41) is 2.92. The van der Waals surface area contributed by atoms with Crippen molar-refractivity contribution < 1.29 is 18.0 Å². The van der Waals surface area contributed by atoms with Crippen LogP contribution in [0.15, 0.2) is 12.3 Å². The number of anilines is 1. The van der Waals surface area contributed by atoms with Gasteiger partial charge >= 0.3 is 6.18 Å². The van der Waals surface area contributed by atoms with Crippen LogP contribution in [-0.2, 0) is 11.2 Å². The lowest BCUT2D eigenvalue weighted by molar-refractivity contribution is -0.134. The van der Waals surface area contributed by atoms with Crippen LogP contribution in [0.5, 0.6) is 0 Å². The van der Waals surface area contributed by atoms with Crippen LogP contribution in [-0.4, -0.2) is 70.6 Å². The van der Waals surface area contributed by atoms with E-state index in [1.54, 1.807) is 0 Å². The number of amides is 1. The second-order valence-corrected chi connectivity index (χ2v) is 6.67. The van der Waals surface area contributed by atoms with Crippen LogP contribution < -0.4 is 5.32 Å². The van der Waals surface area contributed by atoms with Crippen LogP contribution in [0.25, 0.3) is 0 Å². The van der Waals surface area contributed by atoms with E-state index in [1.807, 2.05) is 4.90 Å². The molecule has 2 rings (SSSR count). The van der Waals surface area contributed by atoms with Crippen LogP contribution in [0.1, 0.15) is 32.4 Å². The van der Waals surface area contributed by atoms with E-state index in [0.29, 0.717) is 24.7 Å². The van der Waals surface area contributed by atoms with Gasteiger partial charge in [-0.1, -0.05) is 0 Å². The minimum Gasteiger partial charge on any atom is -0.354 e. The fraction of sp³-hybridized carbons (Fsp3) is 0.706. The Labute approximate surface area is 151 Å². The van der Waals surface area contributed by atoms with E-state index < -0.39 is 12.6 Å². The summed E-state index contributed by atoms with van der Waals surface area (Å²) in [6.07, 6.45) is -3.57. The molecule has 0 saturated carbocycles. The molecule has 0 spiro atoms. The fourth-order valence-electron chi connectivity index (χ4n) is 2.82. The third kappa shape index (κ3) is 6.78. The van der Waals surface area contributed by atoms with Crippen LogP contribution in [0, 0.1) is 0 Å². The Bertz CT molecular complexity index is 586. The predicted molar refractivity (Wildman–Crippen MR) is 92.8 cm³/mol. The molecule has 6 nitrogen and oxygen atoms in total. The molecule has 2 heterocycles. The van der Waals surface area contributed by atoms with Crippen LogP contribution in [0.4, 0.5) is 19.1 Å². The van der Waals surface area contributed by atoms with Crippen molar-refractivity contribution >= 4 is 11.9 Å². The minimum atomic E-state index is -4.20. The van der Waals surface area contributed by atoms with E-state index in [-0.39, 0.29) is 18.3 Å². The van der Waals surface area contributed by atoms with Crippen LogP contribution in [0.3, 0.4) is 0 Å². The smallest absolute Gasteiger partial charge is 0.354 e. The molecule has 0 aromatic carbocycles. The zero-order valence-corrected chi connectivity index (χ0v) is 15.2. The average molecular weight is 373 g/mol. The number of rotatable bonds is 7. The molecule has 1 fully saturated rings. The average Bonchev–Trinajstić information content (AvgIpc) is 2.60. The van der Waals surface area contributed by atoms with E-state index in [2.05, 4.69) is 34.0 Å². The van der Waals surface area contributed by atoms with Gasteiger partial charge in [-0.05, 0) is 26.3 Å². The van der Waals surface area contributed by atoms with Gasteiger partial charge in [-0.3, -0.25) is 9.69 Å². The summed E-state index contributed by atoms with van der Waals surface area (Å²) in [6, 6.07) is 1.95. The van der Waals surface area contributed by atoms with Crippen LogP contribution in [0.2, 0.25) is 0 Å². The molecule has 0 radical (unpaired) electrons. The maximum absolute atomic E-state index is 12.3. The van der Waals surface area contributed by atoms with E-state index >= 15 is 0 Å². The molecule has 1 amide bonds. The number of halogens is 3. The van der Waals surface area contributed by atoms with Gasteiger partial charge in [-0.25, -0.2) is 9.97 Å². The van der Waals surface area contributed by atoms with Gasteiger partial charge in [0.05, 0.1) is 0 Å². The van der Waals surface area contributed by atoms with E-state index in [9.17, 15) is 18.0 Å². The van der Waals surface area contributed by atoms with Crippen molar-refractivity contribution in [2.24, 2.45) is 0 Å². The van der Waals surface area contributed by atoms with Gasteiger partial charge in [0.1, 0.15) is 0 Å². The number of hydrogen-bond donors (Lipinski definition) is 1. The topological polar surface area (TPSA) is 61.4 Å². The van der Waals surface area contributed by atoms with Gasteiger partial charge < -0.3 is 10.2 Å². The summed E-state index contributed by atoms with van der Waals surface area (Å²) >= 11 is 0. The molecule has 1 aromatic heterocycles. The molecule has 146 valence electrons. The number of carbonyl (C=O) groups excluding carboxylic acids is 1. The van der Waals surface area contributed by atoms with E-state index in [1.165, 1.54) is 12.3 Å². The standard InChI is InChI=1S/C17H26F3N5O/c1-13(2)24-9-11-25(12-10-24)15(26)5-8-22-16-21-7-4-14(23-16)3-6-17(18,19)20/h4,7,13H,3,5-6,8-12H2,1-2H3,(H,21,22,23). The van der Waals surface area contributed by atoms with Gasteiger partial charge in [0.15, 0.2) is 0 Å². The van der Waals surface area contributed by atoms with Gasteiger partial charge in [0, 0.05) is 63.5 Å². The molecule has 26 heavy (non-hydrogen) atoms. The maximum Gasteiger partial charge on any atom is 0.389 e. The number of piperazine rings is 1. The highest BCUT2D eigenvalue weighted by Crippen LogP contribution is 2.21. The summed E-state index contributed by atoms with van der Waals surface area (Å²) < 4.78 is 36.8. The van der Waals surface area contributed by atoms with E-state index in [4.69, 9.17) is 0 Å². The predicted octanol–water partition coefficient (Wildman–Crippen LogP) is 2.33. The van der Waals surface area contributed by atoms with Crippen molar-refractivity contribution in [2.75, 3.05) is 38.0 Å². The minimum absolute atomic E-state index is 0.0640. The molecule has 1 aliphatic heterocycles. The van der Waals surface area contributed by atoms with Gasteiger partial charge in [-0.2, -0.15) is 13.2 Å². The van der Waals surface area contributed by atoms with Crippen LogP contribution >= 0.6 is 0 Å². The molecule has 1 N–H and O–H groups in total. The Morgan fingerprint density at radius 1 is 1.27 bits per heavy atom. The zero-order chi connectivity index (χ0) is 19.2. The SMILES string of the molecule is CC(C)N1CCN(C(=O)CCNc2nccc(CCC(F)(F)F)n2)CC1. The number of carbonyl (C=O) groups is 1. The molecule has 0 aliphatic carbocycles. The molecule has 0 bridgehead atoms. The first kappa shape index (κ1) is 20.4. The number of alkyl halides is 3. The van der Waals surface area contributed by atoms with Crippen molar-refractivity contribution in [3.8, 4) is 0 Å². The lowest BCUT2D eigenvalue weighted by Gasteiger charge is -2.37. The molecule has 0 atom stereocenters. The summed E-state index contributed by atoms with van der Waals surface area (Å²) in [5.41, 5.74) is 0.330. The monoisotopic (exact) mass is 373 g/mol. The largest absolute Gasteiger partial charge is 0.389 e. The number of hydrogen-bond acceptors (Lipinski definition) is 5. The summed E-state index contributed by atoms with van der Waals surface area (Å²) in [6.45, 7) is 7.84. The van der Waals surface area contributed by atoms with Crippen molar-refractivity contribution in [3.63, 3.8) is 0 Å². The first-order valence-electron chi connectivity index (χ1n) is 8.89. The van der Waals surface area contributed by atoms with Crippen molar-refractivity contribution in [2.45, 2.75) is 45.3 Å². The fourth-order valence-corrected chi connectivity index (χ4v) is 2.82. The molecule has 9 heteroatoms. The number of nitrogens with one attached hydrogen (secondary N) is 1. The first-order chi connectivity index (χ1) is 12.2. The van der Waals surface area contributed by atoms with Crippen molar-refractivity contribution in [1.29, 1.82) is 0 Å². The maximum atomic E-state index is 12.3. The quantitative estimate of drug-likeness (QED) is 0.795. The second kappa shape index (κ2) is 9.16. The number of aromatic nitrogens is 2. The molecular formula is C17H26F3N5O. The Balaban J connectivity index is 1.73. The second-order valence-electron chi connectivity index (χ2n) is 6.67. The van der Waals surface area contributed by atoms with E-state index in [0.717, 1.165) is 26.2 Å². The summed E-state index contributed by atoms with van der Waals surface area (Å²) in [4.78, 5) is 24.5. The van der Waals surface area contributed by atoms with Gasteiger partial charge in [0.25, 0.3) is 0 Å². The highest BCUT2D eigenvalue weighted by atomic mass is 19.4. The van der Waals surface area contributed by atoms with Crippen molar-refractivity contribution in [3.05, 3.63) is 18.0 Å². The Morgan fingerprint density at radius 3 is 2.58 bits per heavy atom. The lowest BCUT2D eigenvalue weighted by atomic mass is 10.2. The molecule has 1 saturated heterocycles. The summed E-state index contributed by atoms with van der Waals surface area (Å²) in [7, 11) is 0. The normalized spacial score (nSPS) is 16.2. The Morgan fingerprint density at radius 2 is 1.96 bits per heavy atom. The molecule has 0 unspecified atom stereocenters. The highest BCUT2D eigenvalue weighted by molar-refractivity contribution is 5.76. The molecule has 1 aromatic rings. The van der Waals surface area contributed by atoms with Crippen molar-refractivity contribution in [1.82, 2.24) is 19.8 Å². The Hall–Kier alpha value is -1.90. The molecular weight excluding hydrogens is 347 g/mol.